The molecule has 0 amide bonds. The van der Waals surface area contributed by atoms with Crippen molar-refractivity contribution in [3.63, 3.8) is 0 Å². The average molecular weight is 348 g/mol. The van der Waals surface area contributed by atoms with Gasteiger partial charge >= 0.3 is 0 Å². The molecule has 0 aliphatic heterocycles. The fraction of sp³-hybridized carbons (Fsp3) is 0.412. The first-order chi connectivity index (χ1) is 9.82. The topological polar surface area (TPSA) is 37.8 Å². The smallest absolute Gasteiger partial charge is 0.133 e. The fourth-order valence-corrected chi connectivity index (χ4v) is 2.50. The second-order valence-corrected chi connectivity index (χ2v) is 7.24. The van der Waals surface area contributed by atoms with Crippen molar-refractivity contribution in [1.29, 1.82) is 0 Å². The molecule has 1 heterocycles. The molecule has 1 aromatic heterocycles. The van der Waals surface area contributed by atoms with Crippen molar-refractivity contribution in [2.24, 2.45) is 0 Å². The number of hydrogen-bond acceptors (Lipinski definition) is 3. The maximum Gasteiger partial charge on any atom is 0.133 e. The Bertz CT molecular complexity index is 618. The van der Waals surface area contributed by atoms with Crippen molar-refractivity contribution in [3.8, 4) is 0 Å². The van der Waals surface area contributed by atoms with Gasteiger partial charge in [0.25, 0.3) is 0 Å². The SMILES string of the molecule is Cc1cc(CNC(C)(C)C)nc(Cc2cccc(Br)c2)n1. The van der Waals surface area contributed by atoms with Gasteiger partial charge in [0.15, 0.2) is 0 Å². The first kappa shape index (κ1) is 16.1. The fourth-order valence-electron chi connectivity index (χ4n) is 2.05. The number of rotatable bonds is 4. The number of aromatic nitrogens is 2. The summed E-state index contributed by atoms with van der Waals surface area (Å²) in [6.07, 6.45) is 0.754. The van der Waals surface area contributed by atoms with E-state index in [4.69, 9.17) is 0 Å². The van der Waals surface area contributed by atoms with Gasteiger partial charge in [-0.15, -0.1) is 0 Å². The summed E-state index contributed by atoms with van der Waals surface area (Å²) in [5, 5.41) is 3.47. The van der Waals surface area contributed by atoms with Crippen LogP contribution in [-0.2, 0) is 13.0 Å². The average Bonchev–Trinajstić information content (AvgIpc) is 2.35. The van der Waals surface area contributed by atoms with E-state index in [9.17, 15) is 0 Å². The van der Waals surface area contributed by atoms with E-state index in [0.717, 1.165) is 34.7 Å². The molecule has 0 fully saturated rings. The molecular formula is C17H22BrN3. The van der Waals surface area contributed by atoms with Crippen LogP contribution in [0.4, 0.5) is 0 Å². The minimum absolute atomic E-state index is 0.0866. The van der Waals surface area contributed by atoms with Gasteiger partial charge < -0.3 is 5.32 Å². The maximum atomic E-state index is 4.67. The van der Waals surface area contributed by atoms with Gasteiger partial charge in [0, 0.05) is 28.7 Å². The van der Waals surface area contributed by atoms with Crippen LogP contribution in [0.2, 0.25) is 0 Å². The zero-order valence-corrected chi connectivity index (χ0v) is 14.7. The molecule has 4 heteroatoms. The predicted octanol–water partition coefficient (Wildman–Crippen LogP) is 4.03. The monoisotopic (exact) mass is 347 g/mol. The first-order valence-electron chi connectivity index (χ1n) is 7.15. The van der Waals surface area contributed by atoms with Crippen molar-refractivity contribution < 1.29 is 0 Å². The second-order valence-electron chi connectivity index (χ2n) is 6.33. The highest BCUT2D eigenvalue weighted by Gasteiger charge is 2.10. The Morgan fingerprint density at radius 2 is 1.90 bits per heavy atom. The van der Waals surface area contributed by atoms with E-state index in [1.807, 2.05) is 25.1 Å². The van der Waals surface area contributed by atoms with Crippen LogP contribution in [0.1, 0.15) is 43.5 Å². The molecule has 1 N–H and O–H groups in total. The molecule has 0 atom stereocenters. The third-order valence-electron chi connectivity index (χ3n) is 3.00. The Labute approximate surface area is 135 Å². The third kappa shape index (κ3) is 5.56. The number of nitrogens with one attached hydrogen (secondary N) is 1. The number of nitrogens with zero attached hydrogens (tertiary/aromatic N) is 2. The number of aryl methyl sites for hydroxylation is 1. The molecule has 0 radical (unpaired) electrons. The van der Waals surface area contributed by atoms with E-state index in [0.29, 0.717) is 0 Å². The van der Waals surface area contributed by atoms with E-state index < -0.39 is 0 Å². The molecule has 0 spiro atoms. The summed E-state index contributed by atoms with van der Waals surface area (Å²) in [5.74, 6) is 0.874. The molecule has 0 aliphatic rings. The highest BCUT2D eigenvalue weighted by Crippen LogP contribution is 2.14. The maximum absolute atomic E-state index is 4.67. The van der Waals surface area contributed by atoms with Crippen LogP contribution in [0.25, 0.3) is 0 Å². The van der Waals surface area contributed by atoms with Crippen LogP contribution in [0.3, 0.4) is 0 Å². The quantitative estimate of drug-likeness (QED) is 0.907. The Morgan fingerprint density at radius 3 is 2.57 bits per heavy atom. The van der Waals surface area contributed by atoms with Crippen LogP contribution in [0, 0.1) is 6.92 Å². The predicted molar refractivity (Wildman–Crippen MR) is 90.3 cm³/mol. The van der Waals surface area contributed by atoms with Gasteiger partial charge in [0.1, 0.15) is 5.82 Å². The summed E-state index contributed by atoms with van der Waals surface area (Å²) in [6, 6.07) is 10.3. The number of halogens is 1. The Balaban J connectivity index is 2.15. The Morgan fingerprint density at radius 1 is 1.14 bits per heavy atom. The van der Waals surface area contributed by atoms with E-state index in [2.05, 4.69) is 64.1 Å². The first-order valence-corrected chi connectivity index (χ1v) is 7.94. The van der Waals surface area contributed by atoms with Crippen LogP contribution in [-0.4, -0.2) is 15.5 Å². The van der Waals surface area contributed by atoms with Crippen LogP contribution < -0.4 is 5.32 Å². The van der Waals surface area contributed by atoms with Gasteiger partial charge in [0.2, 0.25) is 0 Å². The second kappa shape index (κ2) is 6.67. The summed E-state index contributed by atoms with van der Waals surface area (Å²) in [7, 11) is 0. The minimum Gasteiger partial charge on any atom is -0.306 e. The molecule has 0 saturated carbocycles. The van der Waals surface area contributed by atoms with E-state index in [1.165, 1.54) is 5.56 Å². The lowest BCUT2D eigenvalue weighted by atomic mass is 10.1. The molecule has 1 aromatic carbocycles. The van der Waals surface area contributed by atoms with Crippen LogP contribution in [0.5, 0.6) is 0 Å². The molecule has 112 valence electrons. The van der Waals surface area contributed by atoms with Gasteiger partial charge in [-0.2, -0.15) is 0 Å². The Hall–Kier alpha value is -1.26. The van der Waals surface area contributed by atoms with E-state index in [-0.39, 0.29) is 5.54 Å². The van der Waals surface area contributed by atoms with E-state index in [1.54, 1.807) is 0 Å². The summed E-state index contributed by atoms with van der Waals surface area (Å²) in [6.45, 7) is 9.25. The highest BCUT2D eigenvalue weighted by molar-refractivity contribution is 9.10. The zero-order chi connectivity index (χ0) is 15.5. The standard InChI is InChI=1S/C17H22BrN3/c1-12-8-15(11-19-17(2,3)4)21-16(20-12)10-13-6-5-7-14(18)9-13/h5-9,19H,10-11H2,1-4H3. The largest absolute Gasteiger partial charge is 0.306 e. The van der Waals surface area contributed by atoms with Crippen molar-refractivity contribution >= 4 is 15.9 Å². The van der Waals surface area contributed by atoms with Gasteiger partial charge in [-0.1, -0.05) is 28.1 Å². The molecule has 0 saturated heterocycles. The van der Waals surface area contributed by atoms with Gasteiger partial charge in [-0.25, -0.2) is 9.97 Å². The summed E-state index contributed by atoms with van der Waals surface area (Å²) < 4.78 is 1.09. The van der Waals surface area contributed by atoms with Crippen molar-refractivity contribution in [3.05, 3.63) is 57.6 Å². The summed E-state index contributed by atoms with van der Waals surface area (Å²) in [5.41, 5.74) is 3.36. The Kier molecular flexibility index (Phi) is 5.12. The molecule has 21 heavy (non-hydrogen) atoms. The van der Waals surface area contributed by atoms with E-state index >= 15 is 0 Å². The molecule has 2 aromatic rings. The molecule has 3 nitrogen and oxygen atoms in total. The number of hydrogen-bond donors (Lipinski definition) is 1. The zero-order valence-electron chi connectivity index (χ0n) is 13.1. The summed E-state index contributed by atoms with van der Waals surface area (Å²) >= 11 is 3.50. The highest BCUT2D eigenvalue weighted by atomic mass is 79.9. The lowest BCUT2D eigenvalue weighted by Gasteiger charge is -2.20. The minimum atomic E-state index is 0.0866. The molecule has 0 unspecified atom stereocenters. The third-order valence-corrected chi connectivity index (χ3v) is 3.50. The van der Waals surface area contributed by atoms with Crippen LogP contribution >= 0.6 is 15.9 Å². The molecule has 0 aliphatic carbocycles. The summed E-state index contributed by atoms with van der Waals surface area (Å²) in [4.78, 5) is 9.22. The number of benzene rings is 1. The molecule has 2 rings (SSSR count). The molecule has 0 bridgehead atoms. The van der Waals surface area contributed by atoms with Gasteiger partial charge in [-0.05, 0) is 51.5 Å². The van der Waals surface area contributed by atoms with Crippen molar-refractivity contribution in [1.82, 2.24) is 15.3 Å². The molecular weight excluding hydrogens is 326 g/mol. The normalized spacial score (nSPS) is 11.7. The van der Waals surface area contributed by atoms with Gasteiger partial charge in [0.05, 0.1) is 5.69 Å². The van der Waals surface area contributed by atoms with Crippen molar-refractivity contribution in [2.75, 3.05) is 0 Å². The van der Waals surface area contributed by atoms with Crippen LogP contribution in [0.15, 0.2) is 34.8 Å². The lowest BCUT2D eigenvalue weighted by Crippen LogP contribution is -2.35. The van der Waals surface area contributed by atoms with Crippen molar-refractivity contribution in [2.45, 2.75) is 46.2 Å². The lowest BCUT2D eigenvalue weighted by molar-refractivity contribution is 0.420. The van der Waals surface area contributed by atoms with Gasteiger partial charge in [-0.3, -0.25) is 0 Å².